The third-order valence-electron chi connectivity index (χ3n) is 3.96. The first-order chi connectivity index (χ1) is 11.6. The van der Waals surface area contributed by atoms with E-state index in [0.717, 1.165) is 11.1 Å². The molecule has 1 aliphatic rings. The van der Waals surface area contributed by atoms with Crippen molar-refractivity contribution in [1.29, 1.82) is 0 Å². The Labute approximate surface area is 139 Å². The molecule has 1 heterocycles. The van der Waals surface area contributed by atoms with Gasteiger partial charge in [0.05, 0.1) is 0 Å². The number of benzene rings is 2. The summed E-state index contributed by atoms with van der Waals surface area (Å²) >= 11 is 0. The maximum Gasteiger partial charge on any atom is 0.235 e. The van der Waals surface area contributed by atoms with Gasteiger partial charge in [-0.2, -0.15) is 0 Å². The lowest BCUT2D eigenvalue weighted by atomic mass is 10.0. The van der Waals surface area contributed by atoms with E-state index in [-0.39, 0.29) is 36.9 Å². The van der Waals surface area contributed by atoms with E-state index in [1.807, 2.05) is 30.3 Å². The van der Waals surface area contributed by atoms with Crippen LogP contribution in [0.3, 0.4) is 0 Å². The Morgan fingerprint density at radius 3 is 2.50 bits per heavy atom. The molecule has 5 nitrogen and oxygen atoms in total. The molecular weight excluding hydrogens is 309 g/mol. The zero-order valence-corrected chi connectivity index (χ0v) is 13.0. The Hall–Kier alpha value is -2.73. The predicted molar refractivity (Wildman–Crippen MR) is 87.1 cm³/mol. The molecule has 124 valence electrons. The molecule has 0 bridgehead atoms. The van der Waals surface area contributed by atoms with Crippen LogP contribution >= 0.6 is 0 Å². The van der Waals surface area contributed by atoms with Crippen LogP contribution in [0.15, 0.2) is 54.6 Å². The number of amides is 2. The number of hydrogen-bond acceptors (Lipinski definition) is 3. The summed E-state index contributed by atoms with van der Waals surface area (Å²) in [6.45, 7) is 0.519. The topological polar surface area (TPSA) is 70.2 Å². The van der Waals surface area contributed by atoms with Crippen LogP contribution < -0.4 is 16.0 Å². The van der Waals surface area contributed by atoms with Crippen molar-refractivity contribution >= 4 is 11.8 Å². The standard InChI is InChI=1S/C18H18FN3O2/c19-14-8-6-12(7-9-14)10-21-17(23)15-11-20-16(22-18(15)24)13-4-2-1-3-5-13/h1-9,15-16,20H,10-11H2,(H,21,23)(H,22,24). The molecule has 1 saturated heterocycles. The number of carbonyl (C=O) groups excluding carboxylic acids is 2. The second-order valence-electron chi connectivity index (χ2n) is 5.66. The second kappa shape index (κ2) is 7.23. The van der Waals surface area contributed by atoms with Gasteiger partial charge in [-0.25, -0.2) is 4.39 Å². The first-order valence-corrected chi connectivity index (χ1v) is 7.74. The Morgan fingerprint density at radius 2 is 1.83 bits per heavy atom. The number of carbonyl (C=O) groups is 2. The van der Waals surface area contributed by atoms with Crippen LogP contribution in [-0.2, 0) is 16.1 Å². The van der Waals surface area contributed by atoms with Crippen LogP contribution in [0.25, 0.3) is 0 Å². The first-order valence-electron chi connectivity index (χ1n) is 7.74. The van der Waals surface area contributed by atoms with Crippen molar-refractivity contribution in [3.05, 3.63) is 71.5 Å². The van der Waals surface area contributed by atoms with Crippen molar-refractivity contribution in [3.8, 4) is 0 Å². The van der Waals surface area contributed by atoms with Gasteiger partial charge in [-0.1, -0.05) is 42.5 Å². The lowest BCUT2D eigenvalue weighted by Gasteiger charge is -2.30. The fourth-order valence-electron chi connectivity index (χ4n) is 2.60. The molecule has 0 spiro atoms. The van der Waals surface area contributed by atoms with E-state index in [9.17, 15) is 14.0 Å². The van der Waals surface area contributed by atoms with Crippen LogP contribution in [0.4, 0.5) is 4.39 Å². The molecule has 1 fully saturated rings. The summed E-state index contributed by atoms with van der Waals surface area (Å²) in [4.78, 5) is 24.4. The van der Waals surface area contributed by atoms with Crippen molar-refractivity contribution in [2.75, 3.05) is 6.54 Å². The van der Waals surface area contributed by atoms with Gasteiger partial charge in [-0.15, -0.1) is 0 Å². The normalized spacial score (nSPS) is 20.3. The molecule has 0 saturated carbocycles. The molecular formula is C18H18FN3O2. The zero-order chi connectivity index (χ0) is 16.9. The number of nitrogens with one attached hydrogen (secondary N) is 3. The highest BCUT2D eigenvalue weighted by molar-refractivity contribution is 6.01. The maximum atomic E-state index is 12.9. The average Bonchev–Trinajstić information content (AvgIpc) is 2.61. The molecule has 2 aromatic carbocycles. The summed E-state index contributed by atoms with van der Waals surface area (Å²) in [5.74, 6) is -1.77. The van der Waals surface area contributed by atoms with Gasteiger partial charge in [0.15, 0.2) is 0 Å². The van der Waals surface area contributed by atoms with Gasteiger partial charge >= 0.3 is 0 Å². The predicted octanol–water partition coefficient (Wildman–Crippen LogP) is 1.48. The molecule has 2 unspecified atom stereocenters. The van der Waals surface area contributed by atoms with Crippen LogP contribution in [0, 0.1) is 11.7 Å². The minimum atomic E-state index is -0.787. The Morgan fingerprint density at radius 1 is 1.12 bits per heavy atom. The van der Waals surface area contributed by atoms with Gasteiger partial charge in [0, 0.05) is 13.1 Å². The van der Waals surface area contributed by atoms with E-state index in [1.165, 1.54) is 12.1 Å². The third kappa shape index (κ3) is 3.78. The number of rotatable bonds is 4. The van der Waals surface area contributed by atoms with E-state index in [2.05, 4.69) is 16.0 Å². The lowest BCUT2D eigenvalue weighted by molar-refractivity contribution is -0.137. The summed E-state index contributed by atoms with van der Waals surface area (Å²) < 4.78 is 12.9. The quantitative estimate of drug-likeness (QED) is 0.745. The highest BCUT2D eigenvalue weighted by Gasteiger charge is 2.33. The molecule has 2 aromatic rings. The van der Waals surface area contributed by atoms with Gasteiger partial charge < -0.3 is 10.6 Å². The fourth-order valence-corrected chi connectivity index (χ4v) is 2.60. The molecule has 3 N–H and O–H groups in total. The SMILES string of the molecule is O=C(NCc1ccc(F)cc1)C1CNC(c2ccccc2)NC1=O. The summed E-state index contributed by atoms with van der Waals surface area (Å²) in [6.07, 6.45) is -0.292. The molecule has 3 rings (SSSR count). The zero-order valence-electron chi connectivity index (χ0n) is 13.0. The minimum absolute atomic E-state index is 0.255. The molecule has 0 aromatic heterocycles. The lowest BCUT2D eigenvalue weighted by Crippen LogP contribution is -2.55. The van der Waals surface area contributed by atoms with Crippen molar-refractivity contribution in [1.82, 2.24) is 16.0 Å². The van der Waals surface area contributed by atoms with Crippen molar-refractivity contribution in [2.24, 2.45) is 5.92 Å². The maximum absolute atomic E-state index is 12.9. The van der Waals surface area contributed by atoms with Crippen molar-refractivity contribution in [3.63, 3.8) is 0 Å². The molecule has 2 atom stereocenters. The first kappa shape index (κ1) is 16.1. The molecule has 0 radical (unpaired) electrons. The summed E-state index contributed by atoms with van der Waals surface area (Å²) in [6, 6.07) is 15.4. The largest absolute Gasteiger partial charge is 0.351 e. The highest BCUT2D eigenvalue weighted by atomic mass is 19.1. The van der Waals surface area contributed by atoms with Crippen molar-refractivity contribution in [2.45, 2.75) is 12.7 Å². The second-order valence-corrected chi connectivity index (χ2v) is 5.66. The Bertz CT molecular complexity index is 719. The average molecular weight is 327 g/mol. The molecule has 0 aliphatic carbocycles. The van der Waals surface area contributed by atoms with E-state index in [4.69, 9.17) is 0 Å². The minimum Gasteiger partial charge on any atom is -0.351 e. The number of hydrogen-bond donors (Lipinski definition) is 3. The smallest absolute Gasteiger partial charge is 0.235 e. The van der Waals surface area contributed by atoms with Gasteiger partial charge in [-0.3, -0.25) is 14.9 Å². The summed E-state index contributed by atoms with van der Waals surface area (Å²) in [5, 5.41) is 8.68. The monoisotopic (exact) mass is 327 g/mol. The van der Waals surface area contributed by atoms with Gasteiger partial charge in [0.1, 0.15) is 17.9 Å². The molecule has 6 heteroatoms. The third-order valence-corrected chi connectivity index (χ3v) is 3.96. The Kier molecular flexibility index (Phi) is 4.86. The summed E-state index contributed by atoms with van der Waals surface area (Å²) in [5.41, 5.74) is 1.71. The molecule has 24 heavy (non-hydrogen) atoms. The van der Waals surface area contributed by atoms with E-state index < -0.39 is 5.92 Å². The van der Waals surface area contributed by atoms with E-state index in [1.54, 1.807) is 12.1 Å². The van der Waals surface area contributed by atoms with Gasteiger partial charge in [0.25, 0.3) is 0 Å². The van der Waals surface area contributed by atoms with E-state index >= 15 is 0 Å². The summed E-state index contributed by atoms with van der Waals surface area (Å²) in [7, 11) is 0. The fraction of sp³-hybridized carbons (Fsp3) is 0.222. The highest BCUT2D eigenvalue weighted by Crippen LogP contribution is 2.15. The Balaban J connectivity index is 1.55. The van der Waals surface area contributed by atoms with Crippen molar-refractivity contribution < 1.29 is 14.0 Å². The van der Waals surface area contributed by atoms with Crippen LogP contribution in [0.5, 0.6) is 0 Å². The van der Waals surface area contributed by atoms with Gasteiger partial charge in [-0.05, 0) is 23.3 Å². The molecule has 1 aliphatic heterocycles. The van der Waals surface area contributed by atoms with E-state index in [0.29, 0.717) is 0 Å². The number of halogens is 1. The van der Waals surface area contributed by atoms with Crippen LogP contribution in [-0.4, -0.2) is 18.4 Å². The van der Waals surface area contributed by atoms with Gasteiger partial charge in [0.2, 0.25) is 11.8 Å². The van der Waals surface area contributed by atoms with Crippen LogP contribution in [0.1, 0.15) is 17.3 Å². The van der Waals surface area contributed by atoms with Crippen LogP contribution in [0.2, 0.25) is 0 Å². The molecule has 2 amide bonds.